The highest BCUT2D eigenvalue weighted by atomic mass is 16.6. The van der Waals surface area contributed by atoms with E-state index in [1.54, 1.807) is 7.11 Å². The number of nitro benzene ring substituents is 1. The number of ether oxygens (including phenoxy) is 1. The number of fused-ring (bicyclic) bond motifs is 1. The van der Waals surface area contributed by atoms with Gasteiger partial charge in [0.25, 0.3) is 17.2 Å². The maximum absolute atomic E-state index is 13.4. The summed E-state index contributed by atoms with van der Waals surface area (Å²) < 4.78 is 6.44. The lowest BCUT2D eigenvalue weighted by Crippen LogP contribution is -2.34. The summed E-state index contributed by atoms with van der Waals surface area (Å²) in [5, 5.41) is 17.3. The molecule has 0 saturated carbocycles. The molecule has 0 unspecified atom stereocenters. The van der Waals surface area contributed by atoms with Crippen LogP contribution >= 0.6 is 0 Å². The van der Waals surface area contributed by atoms with Crippen LogP contribution in [0.3, 0.4) is 0 Å². The van der Waals surface area contributed by atoms with Gasteiger partial charge >= 0.3 is 0 Å². The zero-order valence-electron chi connectivity index (χ0n) is 19.3. The van der Waals surface area contributed by atoms with Crippen LogP contribution in [0.2, 0.25) is 0 Å². The highest BCUT2D eigenvalue weighted by molar-refractivity contribution is 6.03. The Bertz CT molecular complexity index is 1550. The number of rotatable bonds is 6. The molecular weight excluding hydrogens is 462 g/mol. The molecule has 36 heavy (non-hydrogen) atoms. The first-order valence-electron chi connectivity index (χ1n) is 11.2. The fraction of sp³-hybridized carbons (Fsp3) is 0.154. The van der Waals surface area contributed by atoms with Crippen molar-refractivity contribution in [1.82, 2.24) is 14.6 Å². The first-order valence-corrected chi connectivity index (χ1v) is 11.2. The minimum Gasteiger partial charge on any atom is -0.497 e. The number of methoxy groups -OCH3 is 1. The van der Waals surface area contributed by atoms with E-state index in [-0.39, 0.29) is 35.1 Å². The van der Waals surface area contributed by atoms with Gasteiger partial charge in [-0.25, -0.2) is 9.99 Å². The van der Waals surface area contributed by atoms with E-state index in [0.717, 1.165) is 16.8 Å². The summed E-state index contributed by atoms with van der Waals surface area (Å²) in [6.45, 7) is -0.281. The molecule has 3 aromatic carbocycles. The summed E-state index contributed by atoms with van der Waals surface area (Å²) in [6, 6.07) is 20.5. The van der Waals surface area contributed by atoms with Crippen LogP contribution in [0.4, 0.5) is 5.69 Å². The molecule has 0 radical (unpaired) electrons. The molecule has 180 valence electrons. The van der Waals surface area contributed by atoms with E-state index in [1.165, 1.54) is 34.1 Å². The Morgan fingerprint density at radius 1 is 1.11 bits per heavy atom. The van der Waals surface area contributed by atoms with E-state index in [2.05, 4.69) is 10.1 Å². The van der Waals surface area contributed by atoms with E-state index in [4.69, 9.17) is 4.74 Å². The van der Waals surface area contributed by atoms with Gasteiger partial charge in [0, 0.05) is 18.6 Å². The first kappa shape index (κ1) is 22.9. The quantitative estimate of drug-likeness (QED) is 0.305. The van der Waals surface area contributed by atoms with Gasteiger partial charge in [-0.3, -0.25) is 24.3 Å². The maximum Gasteiger partial charge on any atom is 0.271 e. The van der Waals surface area contributed by atoms with Gasteiger partial charge in [-0.05, 0) is 29.3 Å². The number of hydrogen-bond acceptors (Lipinski definition) is 7. The van der Waals surface area contributed by atoms with Crippen LogP contribution in [0, 0.1) is 10.1 Å². The van der Waals surface area contributed by atoms with Gasteiger partial charge in [0.05, 0.1) is 41.0 Å². The Hall–Kier alpha value is -4.86. The van der Waals surface area contributed by atoms with E-state index < -0.39 is 10.5 Å². The van der Waals surface area contributed by atoms with Crippen molar-refractivity contribution in [1.29, 1.82) is 0 Å². The van der Waals surface area contributed by atoms with Crippen molar-refractivity contribution in [2.45, 2.75) is 19.0 Å². The Balaban J connectivity index is 1.47. The van der Waals surface area contributed by atoms with E-state index in [0.29, 0.717) is 12.2 Å². The number of carbonyl (C=O) groups excluding carboxylic acids is 1. The monoisotopic (exact) mass is 483 g/mol. The fourth-order valence-electron chi connectivity index (χ4n) is 4.22. The van der Waals surface area contributed by atoms with Crippen LogP contribution in [0.25, 0.3) is 10.9 Å². The Morgan fingerprint density at radius 3 is 2.56 bits per heavy atom. The number of nitro groups is 1. The van der Waals surface area contributed by atoms with Crippen molar-refractivity contribution in [3.8, 4) is 5.75 Å². The third kappa shape index (κ3) is 4.31. The topological polar surface area (TPSA) is 120 Å². The number of nitrogens with zero attached hydrogens (tertiary/aromatic N) is 5. The summed E-state index contributed by atoms with van der Waals surface area (Å²) >= 11 is 0. The number of non-ortho nitro benzene ring substituents is 1. The third-order valence-electron chi connectivity index (χ3n) is 6.10. The van der Waals surface area contributed by atoms with Gasteiger partial charge < -0.3 is 4.74 Å². The second-order valence-corrected chi connectivity index (χ2v) is 8.28. The van der Waals surface area contributed by atoms with Gasteiger partial charge in [0.2, 0.25) is 0 Å². The predicted molar refractivity (Wildman–Crippen MR) is 133 cm³/mol. The largest absolute Gasteiger partial charge is 0.497 e. The van der Waals surface area contributed by atoms with Crippen LogP contribution in [0.1, 0.15) is 23.6 Å². The molecule has 1 aliphatic rings. The number of carbonyl (C=O) groups is 1. The molecule has 1 aliphatic heterocycles. The molecule has 5 rings (SSSR count). The van der Waals surface area contributed by atoms with Crippen LogP contribution in [-0.2, 0) is 11.3 Å². The lowest BCUT2D eigenvalue weighted by Gasteiger charge is -2.22. The van der Waals surface area contributed by atoms with Crippen molar-refractivity contribution in [2.24, 2.45) is 5.10 Å². The van der Waals surface area contributed by atoms with Crippen molar-refractivity contribution in [2.75, 3.05) is 7.11 Å². The van der Waals surface area contributed by atoms with Crippen molar-refractivity contribution in [3.63, 3.8) is 0 Å². The summed E-state index contributed by atoms with van der Waals surface area (Å²) in [4.78, 5) is 41.1. The van der Waals surface area contributed by atoms with Gasteiger partial charge in [-0.2, -0.15) is 5.10 Å². The molecule has 0 aliphatic carbocycles. The van der Waals surface area contributed by atoms with Gasteiger partial charge in [0.15, 0.2) is 0 Å². The molecule has 0 N–H and O–H groups in total. The van der Waals surface area contributed by atoms with Crippen molar-refractivity contribution < 1.29 is 14.5 Å². The average Bonchev–Trinajstić information content (AvgIpc) is 3.36. The first-order chi connectivity index (χ1) is 17.4. The van der Waals surface area contributed by atoms with Crippen molar-refractivity contribution in [3.05, 3.63) is 111 Å². The standard InChI is InChI=1S/C26H21N5O5/c1-36-20-10-7-18(8-11-20)24-14-22(17-5-3-2-4-6-17)28-30(24)25(32)15-29-16-27-23-13-19(31(34)35)9-12-21(23)26(29)33/h2-13,16,24H,14-15H2,1H3/t24-/m1/s1. The highest BCUT2D eigenvalue weighted by Gasteiger charge is 2.33. The molecule has 1 aromatic heterocycles. The van der Waals surface area contributed by atoms with Gasteiger partial charge in [0.1, 0.15) is 12.3 Å². The normalized spacial score (nSPS) is 15.1. The van der Waals surface area contributed by atoms with E-state index in [1.807, 2.05) is 54.6 Å². The molecule has 0 saturated heterocycles. The minimum absolute atomic E-state index is 0.162. The minimum atomic E-state index is -0.550. The number of aromatic nitrogens is 2. The SMILES string of the molecule is COc1ccc([C@H]2CC(c3ccccc3)=NN2C(=O)Cn2cnc3cc([N+](=O)[O-])ccc3c2=O)cc1. The highest BCUT2D eigenvalue weighted by Crippen LogP contribution is 2.33. The molecule has 0 fully saturated rings. The third-order valence-corrected chi connectivity index (χ3v) is 6.10. The molecule has 10 heteroatoms. The summed E-state index contributed by atoms with van der Waals surface area (Å²) in [5.74, 6) is 0.319. The lowest BCUT2D eigenvalue weighted by molar-refractivity contribution is -0.384. The van der Waals surface area contributed by atoms with Crippen LogP contribution < -0.4 is 10.3 Å². The van der Waals surface area contributed by atoms with Crippen LogP contribution in [0.15, 0.2) is 89.0 Å². The molecule has 1 amide bonds. The van der Waals surface area contributed by atoms with Crippen LogP contribution in [0.5, 0.6) is 5.75 Å². The fourth-order valence-corrected chi connectivity index (χ4v) is 4.22. The summed E-state index contributed by atoms with van der Waals surface area (Å²) in [7, 11) is 1.59. The Kier molecular flexibility index (Phi) is 5.99. The molecule has 1 atom stereocenters. The molecule has 4 aromatic rings. The van der Waals surface area contributed by atoms with E-state index in [9.17, 15) is 19.7 Å². The molecule has 0 spiro atoms. The number of hydrazone groups is 1. The zero-order valence-corrected chi connectivity index (χ0v) is 19.3. The van der Waals surface area contributed by atoms with E-state index >= 15 is 0 Å². The predicted octanol–water partition coefficient (Wildman–Crippen LogP) is 3.69. The number of amides is 1. The number of hydrogen-bond donors (Lipinski definition) is 0. The Labute approximate surface area is 205 Å². The second-order valence-electron chi connectivity index (χ2n) is 8.28. The second kappa shape index (κ2) is 9.41. The van der Waals surface area contributed by atoms with Crippen LogP contribution in [-0.4, -0.2) is 38.2 Å². The van der Waals surface area contributed by atoms with Gasteiger partial charge in [-0.15, -0.1) is 0 Å². The molecule has 2 heterocycles. The van der Waals surface area contributed by atoms with Gasteiger partial charge in [-0.1, -0.05) is 42.5 Å². The maximum atomic E-state index is 13.4. The molecular formula is C26H21N5O5. The summed E-state index contributed by atoms with van der Waals surface area (Å²) in [5.41, 5.74) is 2.13. The molecule has 10 nitrogen and oxygen atoms in total. The summed E-state index contributed by atoms with van der Waals surface area (Å²) in [6.07, 6.45) is 1.74. The Morgan fingerprint density at radius 2 is 1.86 bits per heavy atom. The smallest absolute Gasteiger partial charge is 0.271 e. The lowest BCUT2D eigenvalue weighted by atomic mass is 9.98. The zero-order chi connectivity index (χ0) is 25.2. The van der Waals surface area contributed by atoms with Crippen molar-refractivity contribution >= 4 is 28.2 Å². The molecule has 0 bridgehead atoms. The average molecular weight is 483 g/mol. The number of benzene rings is 3.